The SMILES string of the molecule is CC(C)Oc1ccc(C2/C(=C(/O)c3ccc(F)cc3)C(=O)C(=O)N2c2ccccc2)cc1. The van der Waals surface area contributed by atoms with Crippen molar-refractivity contribution in [1.29, 1.82) is 0 Å². The Morgan fingerprint density at radius 1 is 0.938 bits per heavy atom. The van der Waals surface area contributed by atoms with Crippen LogP contribution < -0.4 is 9.64 Å². The Bertz CT molecular complexity index is 1170. The fourth-order valence-corrected chi connectivity index (χ4v) is 3.77. The van der Waals surface area contributed by atoms with Crippen LogP contribution in [0.2, 0.25) is 0 Å². The number of ether oxygens (including phenoxy) is 1. The summed E-state index contributed by atoms with van der Waals surface area (Å²) in [6, 6.07) is 20.1. The fraction of sp³-hybridized carbons (Fsp3) is 0.154. The Kier molecular flexibility index (Phi) is 5.77. The van der Waals surface area contributed by atoms with E-state index in [2.05, 4.69) is 0 Å². The van der Waals surface area contributed by atoms with Crippen molar-refractivity contribution in [1.82, 2.24) is 0 Å². The first kappa shape index (κ1) is 21.3. The number of ketones is 1. The molecular weight excluding hydrogens is 409 g/mol. The van der Waals surface area contributed by atoms with Gasteiger partial charge in [0.2, 0.25) is 0 Å². The number of anilines is 1. The van der Waals surface area contributed by atoms with Gasteiger partial charge in [0.05, 0.1) is 17.7 Å². The van der Waals surface area contributed by atoms with E-state index in [4.69, 9.17) is 4.74 Å². The molecule has 1 N–H and O–H groups in total. The molecule has 3 aromatic carbocycles. The summed E-state index contributed by atoms with van der Waals surface area (Å²) in [5.74, 6) is -1.72. The molecule has 1 aliphatic heterocycles. The van der Waals surface area contributed by atoms with Crippen molar-refractivity contribution < 1.29 is 23.8 Å². The first-order chi connectivity index (χ1) is 15.4. The zero-order valence-corrected chi connectivity index (χ0v) is 17.7. The number of amides is 1. The summed E-state index contributed by atoms with van der Waals surface area (Å²) in [7, 11) is 0. The summed E-state index contributed by atoms with van der Waals surface area (Å²) >= 11 is 0. The second-order valence-electron chi connectivity index (χ2n) is 7.75. The van der Waals surface area contributed by atoms with Crippen molar-refractivity contribution >= 4 is 23.1 Å². The summed E-state index contributed by atoms with van der Waals surface area (Å²) in [4.78, 5) is 27.5. The van der Waals surface area contributed by atoms with E-state index < -0.39 is 23.5 Å². The van der Waals surface area contributed by atoms with Gasteiger partial charge in [-0.15, -0.1) is 0 Å². The molecule has 1 saturated heterocycles. The van der Waals surface area contributed by atoms with Gasteiger partial charge in [-0.25, -0.2) is 4.39 Å². The van der Waals surface area contributed by atoms with Crippen LogP contribution >= 0.6 is 0 Å². The molecule has 5 nitrogen and oxygen atoms in total. The molecule has 1 aliphatic rings. The lowest BCUT2D eigenvalue weighted by atomic mass is 9.95. The van der Waals surface area contributed by atoms with Crippen molar-refractivity contribution in [2.45, 2.75) is 26.0 Å². The fourth-order valence-electron chi connectivity index (χ4n) is 3.77. The predicted octanol–water partition coefficient (Wildman–Crippen LogP) is 5.24. The minimum Gasteiger partial charge on any atom is -0.507 e. The van der Waals surface area contributed by atoms with Crippen LogP contribution in [0.4, 0.5) is 10.1 Å². The van der Waals surface area contributed by atoms with Gasteiger partial charge in [-0.3, -0.25) is 14.5 Å². The molecule has 0 saturated carbocycles. The highest BCUT2D eigenvalue weighted by atomic mass is 19.1. The van der Waals surface area contributed by atoms with Gasteiger partial charge in [0, 0.05) is 11.3 Å². The van der Waals surface area contributed by atoms with Crippen molar-refractivity contribution in [2.24, 2.45) is 0 Å². The lowest BCUT2D eigenvalue weighted by Gasteiger charge is -2.25. The normalized spacial score (nSPS) is 17.8. The van der Waals surface area contributed by atoms with Crippen LogP contribution in [-0.2, 0) is 9.59 Å². The first-order valence-electron chi connectivity index (χ1n) is 10.3. The van der Waals surface area contributed by atoms with E-state index in [0.717, 1.165) is 0 Å². The third-order valence-electron chi connectivity index (χ3n) is 5.16. The molecule has 0 aliphatic carbocycles. The third kappa shape index (κ3) is 3.99. The first-order valence-corrected chi connectivity index (χ1v) is 10.3. The van der Waals surface area contributed by atoms with E-state index in [-0.39, 0.29) is 23.0 Å². The maximum absolute atomic E-state index is 13.4. The molecule has 1 unspecified atom stereocenters. The van der Waals surface area contributed by atoms with E-state index >= 15 is 0 Å². The van der Waals surface area contributed by atoms with Crippen LogP contribution in [0.5, 0.6) is 5.75 Å². The van der Waals surface area contributed by atoms with E-state index in [1.165, 1.54) is 29.2 Å². The number of aliphatic hydroxyl groups is 1. The highest BCUT2D eigenvalue weighted by molar-refractivity contribution is 6.51. The Hall–Kier alpha value is -3.93. The van der Waals surface area contributed by atoms with E-state index in [1.54, 1.807) is 48.5 Å². The summed E-state index contributed by atoms with van der Waals surface area (Å²) in [5.41, 5.74) is 1.36. The second-order valence-corrected chi connectivity index (χ2v) is 7.75. The Morgan fingerprint density at radius 3 is 2.16 bits per heavy atom. The Labute approximate surface area is 185 Å². The summed E-state index contributed by atoms with van der Waals surface area (Å²) in [5, 5.41) is 11.0. The number of carbonyl (C=O) groups is 2. The highest BCUT2D eigenvalue weighted by Gasteiger charge is 2.46. The minimum absolute atomic E-state index is 0.00530. The van der Waals surface area contributed by atoms with Crippen molar-refractivity contribution in [3.05, 3.63) is 101 Å². The number of carbonyl (C=O) groups excluding carboxylic acids is 2. The third-order valence-corrected chi connectivity index (χ3v) is 5.16. The molecule has 0 spiro atoms. The molecule has 1 atom stereocenters. The van der Waals surface area contributed by atoms with Gasteiger partial charge in [-0.05, 0) is 67.9 Å². The van der Waals surface area contributed by atoms with E-state index in [0.29, 0.717) is 17.0 Å². The molecule has 32 heavy (non-hydrogen) atoms. The Morgan fingerprint density at radius 2 is 1.56 bits per heavy atom. The van der Waals surface area contributed by atoms with Crippen LogP contribution in [0.25, 0.3) is 5.76 Å². The van der Waals surface area contributed by atoms with Gasteiger partial charge in [0.25, 0.3) is 11.7 Å². The molecule has 1 fully saturated rings. The molecule has 1 amide bonds. The molecule has 0 aromatic heterocycles. The molecule has 6 heteroatoms. The maximum Gasteiger partial charge on any atom is 0.300 e. The molecule has 162 valence electrons. The molecule has 4 rings (SSSR count). The average Bonchev–Trinajstić information content (AvgIpc) is 3.05. The van der Waals surface area contributed by atoms with Gasteiger partial charge in [-0.1, -0.05) is 30.3 Å². The van der Waals surface area contributed by atoms with Crippen LogP contribution in [0.15, 0.2) is 84.4 Å². The lowest BCUT2D eigenvalue weighted by Crippen LogP contribution is -2.29. The molecule has 1 heterocycles. The number of aliphatic hydroxyl groups excluding tert-OH is 1. The molecule has 3 aromatic rings. The number of Topliss-reactive ketones (excluding diaryl/α,β-unsaturated/α-hetero) is 1. The van der Waals surface area contributed by atoms with Gasteiger partial charge < -0.3 is 9.84 Å². The smallest absolute Gasteiger partial charge is 0.300 e. The second kappa shape index (κ2) is 8.67. The number of benzene rings is 3. The largest absolute Gasteiger partial charge is 0.507 e. The summed E-state index contributed by atoms with van der Waals surface area (Å²) in [6.07, 6.45) is -0.00530. The van der Waals surface area contributed by atoms with E-state index in [9.17, 15) is 19.1 Å². The number of halogens is 1. The lowest BCUT2D eigenvalue weighted by molar-refractivity contribution is -0.132. The maximum atomic E-state index is 13.4. The van der Waals surface area contributed by atoms with Gasteiger partial charge >= 0.3 is 0 Å². The predicted molar refractivity (Wildman–Crippen MR) is 120 cm³/mol. The number of nitrogens with zero attached hydrogens (tertiary/aromatic N) is 1. The number of rotatable bonds is 5. The average molecular weight is 431 g/mol. The van der Waals surface area contributed by atoms with Crippen LogP contribution in [0.3, 0.4) is 0 Å². The zero-order valence-electron chi connectivity index (χ0n) is 17.7. The molecule has 0 radical (unpaired) electrons. The number of hydrogen-bond acceptors (Lipinski definition) is 4. The minimum atomic E-state index is -0.851. The van der Waals surface area contributed by atoms with Crippen LogP contribution in [0.1, 0.15) is 31.0 Å². The van der Waals surface area contributed by atoms with Gasteiger partial charge in [0.1, 0.15) is 17.3 Å². The van der Waals surface area contributed by atoms with Crippen molar-refractivity contribution in [3.8, 4) is 5.75 Å². The monoisotopic (exact) mass is 431 g/mol. The standard InChI is InChI=1S/C26H22FNO4/c1-16(2)32-21-14-10-17(11-15-21)23-22(24(29)18-8-12-19(27)13-9-18)25(30)26(31)28(23)20-6-4-3-5-7-20/h3-16,23,29H,1-2H3/b24-22-. The highest BCUT2D eigenvalue weighted by Crippen LogP contribution is 2.42. The zero-order chi connectivity index (χ0) is 22.8. The topological polar surface area (TPSA) is 66.8 Å². The molecule has 0 bridgehead atoms. The number of hydrogen-bond donors (Lipinski definition) is 1. The van der Waals surface area contributed by atoms with Crippen LogP contribution in [0, 0.1) is 5.82 Å². The van der Waals surface area contributed by atoms with Gasteiger partial charge in [0.15, 0.2) is 0 Å². The van der Waals surface area contributed by atoms with Crippen molar-refractivity contribution in [2.75, 3.05) is 4.90 Å². The quantitative estimate of drug-likeness (QED) is 0.341. The van der Waals surface area contributed by atoms with E-state index in [1.807, 2.05) is 19.9 Å². The van der Waals surface area contributed by atoms with Crippen molar-refractivity contribution in [3.63, 3.8) is 0 Å². The number of para-hydroxylation sites is 1. The van der Waals surface area contributed by atoms with Gasteiger partial charge in [-0.2, -0.15) is 0 Å². The summed E-state index contributed by atoms with van der Waals surface area (Å²) in [6.45, 7) is 3.84. The summed E-state index contributed by atoms with van der Waals surface area (Å²) < 4.78 is 19.1. The van der Waals surface area contributed by atoms with Crippen LogP contribution in [-0.4, -0.2) is 22.9 Å². The molecular formula is C26H22FNO4. The Balaban J connectivity index is 1.87.